The standard InChI is InChI=1S/C12H16N2O4S/c1-7(15)10-9(11(16)18-3)13-12(19-10)14-5-4-8(6-14)17-2/h8H,4-6H2,1-3H3. The molecule has 6 nitrogen and oxygen atoms in total. The molecule has 1 aromatic heterocycles. The highest BCUT2D eigenvalue weighted by Crippen LogP contribution is 2.30. The molecule has 7 heteroatoms. The maximum atomic E-state index is 11.6. The van der Waals surface area contributed by atoms with Crippen molar-refractivity contribution in [3.8, 4) is 0 Å². The van der Waals surface area contributed by atoms with Crippen LogP contribution in [0, 0.1) is 0 Å². The zero-order valence-electron chi connectivity index (χ0n) is 11.1. The molecule has 1 aliphatic heterocycles. The smallest absolute Gasteiger partial charge is 0.358 e. The van der Waals surface area contributed by atoms with Gasteiger partial charge < -0.3 is 14.4 Å². The van der Waals surface area contributed by atoms with Crippen molar-refractivity contribution in [3.63, 3.8) is 0 Å². The maximum Gasteiger partial charge on any atom is 0.358 e. The number of rotatable bonds is 4. The summed E-state index contributed by atoms with van der Waals surface area (Å²) in [6.45, 7) is 2.96. The van der Waals surface area contributed by atoms with Gasteiger partial charge in [0.2, 0.25) is 0 Å². The number of thiazole rings is 1. The van der Waals surface area contributed by atoms with Crippen LogP contribution >= 0.6 is 11.3 Å². The van der Waals surface area contributed by atoms with Gasteiger partial charge in [-0.05, 0) is 6.42 Å². The Morgan fingerprint density at radius 1 is 1.42 bits per heavy atom. The third kappa shape index (κ3) is 2.76. The number of ether oxygens (including phenoxy) is 2. The minimum atomic E-state index is -0.574. The molecular formula is C12H16N2O4S. The van der Waals surface area contributed by atoms with Gasteiger partial charge in [0.15, 0.2) is 16.6 Å². The number of hydrogen-bond acceptors (Lipinski definition) is 7. The van der Waals surface area contributed by atoms with E-state index in [1.807, 2.05) is 4.90 Å². The van der Waals surface area contributed by atoms with E-state index in [1.54, 1.807) is 7.11 Å². The minimum absolute atomic E-state index is 0.107. The quantitative estimate of drug-likeness (QED) is 0.614. The van der Waals surface area contributed by atoms with Gasteiger partial charge in [-0.25, -0.2) is 9.78 Å². The Labute approximate surface area is 115 Å². The van der Waals surface area contributed by atoms with Crippen LogP contribution in [0.5, 0.6) is 0 Å². The van der Waals surface area contributed by atoms with Crippen molar-refractivity contribution < 1.29 is 19.1 Å². The van der Waals surface area contributed by atoms with Gasteiger partial charge in [0.25, 0.3) is 0 Å². The Hall–Kier alpha value is -1.47. The van der Waals surface area contributed by atoms with Gasteiger partial charge in [0.1, 0.15) is 4.88 Å². The Kier molecular flexibility index (Phi) is 4.16. The summed E-state index contributed by atoms with van der Waals surface area (Å²) in [5, 5.41) is 0.671. The summed E-state index contributed by atoms with van der Waals surface area (Å²) in [4.78, 5) is 29.8. The number of carbonyl (C=O) groups excluding carboxylic acids is 2. The Morgan fingerprint density at radius 3 is 2.68 bits per heavy atom. The molecule has 19 heavy (non-hydrogen) atoms. The lowest BCUT2D eigenvalue weighted by Crippen LogP contribution is -2.22. The van der Waals surface area contributed by atoms with Crippen LogP contribution in [-0.2, 0) is 9.47 Å². The van der Waals surface area contributed by atoms with E-state index in [0.29, 0.717) is 10.0 Å². The molecule has 1 unspecified atom stereocenters. The number of nitrogens with zero attached hydrogens (tertiary/aromatic N) is 2. The third-order valence-corrected chi connectivity index (χ3v) is 4.28. The molecule has 104 valence electrons. The van der Waals surface area contributed by atoms with E-state index < -0.39 is 5.97 Å². The van der Waals surface area contributed by atoms with Crippen LogP contribution in [0.15, 0.2) is 0 Å². The lowest BCUT2D eigenvalue weighted by Gasteiger charge is -2.13. The lowest BCUT2D eigenvalue weighted by molar-refractivity contribution is 0.0591. The van der Waals surface area contributed by atoms with Crippen molar-refractivity contribution in [1.82, 2.24) is 4.98 Å². The van der Waals surface area contributed by atoms with Crippen LogP contribution in [0.1, 0.15) is 33.5 Å². The highest BCUT2D eigenvalue weighted by molar-refractivity contribution is 7.17. The van der Waals surface area contributed by atoms with Gasteiger partial charge in [0.05, 0.1) is 13.2 Å². The normalized spacial score (nSPS) is 18.7. The fourth-order valence-electron chi connectivity index (χ4n) is 2.01. The molecule has 0 aromatic carbocycles. The summed E-state index contributed by atoms with van der Waals surface area (Å²) in [7, 11) is 2.96. The van der Waals surface area contributed by atoms with E-state index in [0.717, 1.165) is 19.5 Å². The number of esters is 1. The van der Waals surface area contributed by atoms with E-state index >= 15 is 0 Å². The first kappa shape index (κ1) is 14.0. The molecule has 0 radical (unpaired) electrons. The molecule has 1 atom stereocenters. The van der Waals surface area contributed by atoms with Crippen molar-refractivity contribution in [1.29, 1.82) is 0 Å². The topological polar surface area (TPSA) is 68.7 Å². The molecule has 1 aromatic rings. The zero-order valence-corrected chi connectivity index (χ0v) is 12.0. The zero-order chi connectivity index (χ0) is 14.0. The number of anilines is 1. The van der Waals surface area contributed by atoms with Crippen molar-refractivity contribution >= 4 is 28.2 Å². The van der Waals surface area contributed by atoms with Crippen molar-refractivity contribution in [3.05, 3.63) is 10.6 Å². The first-order chi connectivity index (χ1) is 9.06. The van der Waals surface area contributed by atoms with Gasteiger partial charge in [-0.1, -0.05) is 11.3 Å². The predicted octanol–water partition coefficient (Wildman–Crippen LogP) is 1.36. The fourth-order valence-corrected chi connectivity index (χ4v) is 3.00. The van der Waals surface area contributed by atoms with Gasteiger partial charge >= 0.3 is 5.97 Å². The van der Waals surface area contributed by atoms with E-state index in [9.17, 15) is 9.59 Å². The molecule has 0 spiro atoms. The Balaban J connectivity index is 2.28. The predicted molar refractivity (Wildman–Crippen MR) is 71.1 cm³/mol. The second-order valence-electron chi connectivity index (χ2n) is 4.31. The van der Waals surface area contributed by atoms with E-state index in [1.165, 1.54) is 25.4 Å². The monoisotopic (exact) mass is 284 g/mol. The summed E-state index contributed by atoms with van der Waals surface area (Å²) < 4.78 is 9.95. The summed E-state index contributed by atoms with van der Waals surface area (Å²) >= 11 is 1.23. The molecule has 2 heterocycles. The van der Waals surface area contributed by atoms with Crippen molar-refractivity contribution in [2.24, 2.45) is 0 Å². The molecule has 2 rings (SSSR count). The number of carbonyl (C=O) groups is 2. The molecule has 1 fully saturated rings. The number of aromatic nitrogens is 1. The molecule has 1 saturated heterocycles. The second kappa shape index (κ2) is 5.66. The Morgan fingerprint density at radius 2 is 2.16 bits per heavy atom. The van der Waals surface area contributed by atoms with Gasteiger partial charge in [-0.2, -0.15) is 0 Å². The summed E-state index contributed by atoms with van der Waals surface area (Å²) in [5.74, 6) is -0.748. The molecular weight excluding hydrogens is 268 g/mol. The highest BCUT2D eigenvalue weighted by atomic mass is 32.1. The average molecular weight is 284 g/mol. The van der Waals surface area contributed by atoms with Gasteiger partial charge in [0, 0.05) is 27.1 Å². The largest absolute Gasteiger partial charge is 0.464 e. The van der Waals surface area contributed by atoms with Crippen LogP contribution < -0.4 is 4.90 Å². The van der Waals surface area contributed by atoms with Crippen LogP contribution in [0.4, 0.5) is 5.13 Å². The third-order valence-electron chi connectivity index (χ3n) is 3.06. The molecule has 0 bridgehead atoms. The Bertz CT molecular complexity index is 500. The number of ketones is 1. The van der Waals surface area contributed by atoms with Crippen LogP contribution in [0.2, 0.25) is 0 Å². The van der Waals surface area contributed by atoms with E-state index in [2.05, 4.69) is 9.72 Å². The van der Waals surface area contributed by atoms with Crippen LogP contribution in [0.25, 0.3) is 0 Å². The first-order valence-corrected chi connectivity index (χ1v) is 6.76. The van der Waals surface area contributed by atoms with E-state index in [-0.39, 0.29) is 17.6 Å². The molecule has 0 amide bonds. The first-order valence-electron chi connectivity index (χ1n) is 5.94. The summed E-state index contributed by atoms with van der Waals surface area (Å²) in [6.07, 6.45) is 1.09. The SMILES string of the molecule is COC(=O)c1nc(N2CCC(OC)C2)sc1C(C)=O. The van der Waals surface area contributed by atoms with Crippen LogP contribution in [-0.4, -0.2) is 50.1 Å². The second-order valence-corrected chi connectivity index (χ2v) is 5.29. The summed E-state index contributed by atoms with van der Waals surface area (Å²) in [6, 6.07) is 0. The van der Waals surface area contributed by atoms with Crippen molar-refractivity contribution in [2.45, 2.75) is 19.4 Å². The lowest BCUT2D eigenvalue weighted by atomic mass is 10.3. The maximum absolute atomic E-state index is 11.6. The molecule has 0 N–H and O–H groups in total. The highest BCUT2D eigenvalue weighted by Gasteiger charge is 2.28. The number of Topliss-reactive ketones (excluding diaryl/α,β-unsaturated/α-hetero) is 1. The fraction of sp³-hybridized carbons (Fsp3) is 0.583. The average Bonchev–Trinajstić information content (AvgIpc) is 3.03. The van der Waals surface area contributed by atoms with Gasteiger partial charge in [-0.15, -0.1) is 0 Å². The summed E-state index contributed by atoms with van der Waals surface area (Å²) in [5.41, 5.74) is 0.107. The van der Waals surface area contributed by atoms with E-state index in [4.69, 9.17) is 4.74 Å². The molecule has 0 saturated carbocycles. The minimum Gasteiger partial charge on any atom is -0.464 e. The van der Waals surface area contributed by atoms with Crippen LogP contribution in [0.3, 0.4) is 0 Å². The number of methoxy groups -OCH3 is 2. The molecule has 0 aliphatic carbocycles. The molecule has 1 aliphatic rings. The van der Waals surface area contributed by atoms with Crippen molar-refractivity contribution in [2.75, 3.05) is 32.2 Å². The number of hydrogen-bond donors (Lipinski definition) is 0. The van der Waals surface area contributed by atoms with Gasteiger partial charge in [-0.3, -0.25) is 4.79 Å².